The number of hydrogen-bond acceptors (Lipinski definition) is 10. The van der Waals surface area contributed by atoms with E-state index in [1.165, 1.54) is 6.08 Å². The number of carboxylic acid groups (broad SMARTS) is 2. The maximum atomic E-state index is 13.1. The van der Waals surface area contributed by atoms with Gasteiger partial charge in [0.2, 0.25) is 0 Å². The molecule has 1 saturated heterocycles. The van der Waals surface area contributed by atoms with Gasteiger partial charge in [-0.2, -0.15) is 5.26 Å². The van der Waals surface area contributed by atoms with Crippen LogP contribution in [0.5, 0.6) is 5.75 Å². The van der Waals surface area contributed by atoms with Crippen molar-refractivity contribution < 1.29 is 38.8 Å². The van der Waals surface area contributed by atoms with Crippen LogP contribution in [0.3, 0.4) is 0 Å². The van der Waals surface area contributed by atoms with E-state index in [2.05, 4.69) is 15.2 Å². The lowest BCUT2D eigenvalue weighted by atomic mass is 9.84. The Kier molecular flexibility index (Phi) is 16.2. The van der Waals surface area contributed by atoms with Gasteiger partial charge in [-0.25, -0.2) is 14.6 Å². The number of aliphatic carboxylic acids is 2. The lowest BCUT2D eigenvalue weighted by molar-refractivity contribution is -0.135. The number of aromatic nitrogens is 1. The first-order valence-electron chi connectivity index (χ1n) is 16.2. The molecule has 1 aromatic carbocycles. The third-order valence-corrected chi connectivity index (χ3v) is 8.42. The van der Waals surface area contributed by atoms with Crippen LogP contribution < -0.4 is 10.1 Å². The number of nitriles is 1. The third-order valence-electron chi connectivity index (χ3n) is 8.21. The maximum Gasteiger partial charge on any atom is 0.333 e. The standard InChI is InChI=1S/C35H44ClN5O8/c1-3-35(4-2,39-33(44)26(24-37)22-29-6-5-7-31(36)38-29)28-8-10-30(11-9-28)49-21-20-48-19-18-47-17-16-40-12-14-41(15-13-40)25-27(34(45)46)23-32(42)43/h5-11,22-23H,3-4,12-21,25H2,1-2H3,(H,39,44)(H,42,43)(H,45,46)/b26-22+,27-23-. The Hall–Kier alpha value is -4.32. The summed E-state index contributed by atoms with van der Waals surface area (Å²) in [5, 5.41) is 31.0. The molecule has 0 radical (unpaired) electrons. The van der Waals surface area contributed by atoms with Crippen molar-refractivity contribution in [3.63, 3.8) is 0 Å². The lowest BCUT2D eigenvalue weighted by Crippen LogP contribution is -2.48. The molecule has 1 aromatic heterocycles. The van der Waals surface area contributed by atoms with Crippen molar-refractivity contribution in [2.75, 3.05) is 72.3 Å². The van der Waals surface area contributed by atoms with Crippen molar-refractivity contribution in [3.8, 4) is 11.8 Å². The van der Waals surface area contributed by atoms with Gasteiger partial charge in [0, 0.05) is 45.3 Å². The summed E-state index contributed by atoms with van der Waals surface area (Å²) in [6.45, 7) is 9.73. The number of benzene rings is 1. The second-order valence-corrected chi connectivity index (χ2v) is 11.7. The maximum absolute atomic E-state index is 13.1. The highest BCUT2D eigenvalue weighted by atomic mass is 35.5. The van der Waals surface area contributed by atoms with E-state index in [4.69, 9.17) is 30.9 Å². The fraction of sp³-hybridized carbons (Fsp3) is 0.457. The van der Waals surface area contributed by atoms with Crippen LogP contribution in [0.4, 0.5) is 0 Å². The second kappa shape index (κ2) is 20.3. The van der Waals surface area contributed by atoms with Crippen LogP contribution >= 0.6 is 11.6 Å². The zero-order valence-electron chi connectivity index (χ0n) is 27.9. The number of nitrogens with one attached hydrogen (secondary N) is 1. The van der Waals surface area contributed by atoms with E-state index in [0.29, 0.717) is 70.4 Å². The quantitative estimate of drug-likeness (QED) is 0.0795. The highest BCUT2D eigenvalue weighted by Gasteiger charge is 2.31. The number of hydrogen-bond donors (Lipinski definition) is 3. The number of carboxylic acids is 2. The van der Waals surface area contributed by atoms with Crippen LogP contribution in [0.1, 0.15) is 37.9 Å². The predicted molar refractivity (Wildman–Crippen MR) is 183 cm³/mol. The van der Waals surface area contributed by atoms with E-state index in [1.54, 1.807) is 18.2 Å². The van der Waals surface area contributed by atoms with Gasteiger partial charge in [0.25, 0.3) is 5.91 Å². The summed E-state index contributed by atoms with van der Waals surface area (Å²) in [6.07, 6.45) is 3.39. The van der Waals surface area contributed by atoms with Crippen molar-refractivity contribution in [2.24, 2.45) is 0 Å². The van der Waals surface area contributed by atoms with Crippen LogP contribution in [0.25, 0.3) is 6.08 Å². The fourth-order valence-electron chi connectivity index (χ4n) is 5.33. The summed E-state index contributed by atoms with van der Waals surface area (Å²) in [5.41, 5.74) is 0.439. The molecule has 3 rings (SSSR count). The van der Waals surface area contributed by atoms with Crippen molar-refractivity contribution in [2.45, 2.75) is 32.2 Å². The summed E-state index contributed by atoms with van der Waals surface area (Å²) in [6, 6.07) is 14.5. The van der Waals surface area contributed by atoms with E-state index < -0.39 is 23.4 Å². The molecule has 1 amide bonds. The normalized spacial score (nSPS) is 14.7. The Morgan fingerprint density at radius 3 is 2.18 bits per heavy atom. The van der Waals surface area contributed by atoms with Crippen molar-refractivity contribution in [1.29, 1.82) is 5.26 Å². The first-order chi connectivity index (χ1) is 23.6. The first-order valence-corrected chi connectivity index (χ1v) is 16.5. The molecule has 14 heteroatoms. The number of amides is 1. The van der Waals surface area contributed by atoms with Gasteiger partial charge >= 0.3 is 11.9 Å². The molecule has 264 valence electrons. The molecular weight excluding hydrogens is 654 g/mol. The number of rotatable bonds is 20. The number of carbonyl (C=O) groups excluding carboxylic acids is 1. The van der Waals surface area contributed by atoms with E-state index >= 15 is 0 Å². The van der Waals surface area contributed by atoms with Crippen molar-refractivity contribution in [3.05, 3.63) is 76.1 Å². The molecule has 3 N–H and O–H groups in total. The summed E-state index contributed by atoms with van der Waals surface area (Å²) < 4.78 is 17.1. The largest absolute Gasteiger partial charge is 0.491 e. The number of carbonyl (C=O) groups is 3. The number of halogens is 1. The molecule has 0 spiro atoms. The van der Waals surface area contributed by atoms with Crippen molar-refractivity contribution >= 4 is 35.5 Å². The number of ether oxygens (including phenoxy) is 3. The zero-order chi connectivity index (χ0) is 35.6. The van der Waals surface area contributed by atoms with Crippen LogP contribution in [-0.4, -0.2) is 115 Å². The van der Waals surface area contributed by atoms with Crippen LogP contribution in [-0.2, 0) is 29.4 Å². The number of pyridine rings is 1. The van der Waals surface area contributed by atoms with Crippen LogP contribution in [0, 0.1) is 11.3 Å². The molecule has 0 atom stereocenters. The monoisotopic (exact) mass is 697 g/mol. The Morgan fingerprint density at radius 2 is 1.59 bits per heavy atom. The molecule has 0 aliphatic carbocycles. The molecule has 13 nitrogen and oxygen atoms in total. The van der Waals surface area contributed by atoms with Gasteiger partial charge in [0.05, 0.1) is 43.2 Å². The molecule has 0 bridgehead atoms. The lowest BCUT2D eigenvalue weighted by Gasteiger charge is -2.34. The van der Waals surface area contributed by atoms with E-state index in [-0.39, 0.29) is 22.8 Å². The minimum absolute atomic E-state index is 0.0650. The Labute approximate surface area is 291 Å². The fourth-order valence-corrected chi connectivity index (χ4v) is 5.50. The molecule has 1 aliphatic heterocycles. The minimum Gasteiger partial charge on any atom is -0.491 e. The summed E-state index contributed by atoms with van der Waals surface area (Å²) in [5.74, 6) is -2.31. The Morgan fingerprint density at radius 1 is 0.959 bits per heavy atom. The first kappa shape index (κ1) is 39.1. The van der Waals surface area contributed by atoms with Gasteiger partial charge < -0.3 is 29.7 Å². The van der Waals surface area contributed by atoms with Gasteiger partial charge in [-0.05, 0) is 48.7 Å². The average molecular weight is 698 g/mol. The Balaban J connectivity index is 1.33. The smallest absolute Gasteiger partial charge is 0.333 e. The number of piperazine rings is 1. The van der Waals surface area contributed by atoms with E-state index in [9.17, 15) is 24.8 Å². The highest BCUT2D eigenvalue weighted by molar-refractivity contribution is 6.29. The summed E-state index contributed by atoms with van der Waals surface area (Å²) in [7, 11) is 0. The highest BCUT2D eigenvalue weighted by Crippen LogP contribution is 2.30. The molecule has 1 fully saturated rings. The van der Waals surface area contributed by atoms with Gasteiger partial charge in [0.1, 0.15) is 29.2 Å². The molecule has 2 heterocycles. The topological polar surface area (TPSA) is 175 Å². The van der Waals surface area contributed by atoms with E-state index in [0.717, 1.165) is 31.3 Å². The third kappa shape index (κ3) is 12.9. The van der Waals surface area contributed by atoms with Crippen molar-refractivity contribution in [1.82, 2.24) is 20.1 Å². The second-order valence-electron chi connectivity index (χ2n) is 11.3. The molecule has 0 saturated carbocycles. The van der Waals surface area contributed by atoms with Crippen LogP contribution in [0.2, 0.25) is 5.15 Å². The molecule has 49 heavy (non-hydrogen) atoms. The molecule has 2 aromatic rings. The summed E-state index contributed by atoms with van der Waals surface area (Å²) in [4.78, 5) is 43.5. The van der Waals surface area contributed by atoms with Gasteiger partial charge in [-0.15, -0.1) is 0 Å². The zero-order valence-corrected chi connectivity index (χ0v) is 28.7. The number of nitrogens with zero attached hydrogens (tertiary/aromatic N) is 4. The minimum atomic E-state index is -1.26. The molecule has 1 aliphatic rings. The molecule has 0 unspecified atom stereocenters. The van der Waals surface area contributed by atoms with Gasteiger partial charge in [-0.1, -0.05) is 43.6 Å². The van der Waals surface area contributed by atoms with Gasteiger partial charge in [0.15, 0.2) is 0 Å². The van der Waals surface area contributed by atoms with Gasteiger partial charge in [-0.3, -0.25) is 14.6 Å². The summed E-state index contributed by atoms with van der Waals surface area (Å²) >= 11 is 5.94. The van der Waals surface area contributed by atoms with Crippen LogP contribution in [0.15, 0.2) is 59.7 Å². The Bertz CT molecular complexity index is 1500. The SMILES string of the molecule is CCC(CC)(NC(=O)/C(C#N)=C/c1cccc(Cl)n1)c1ccc(OCCOCCOCCN2CCN(C/C(=C/C(=O)O)C(=O)O)CC2)cc1. The predicted octanol–water partition coefficient (Wildman–Crippen LogP) is 3.60. The average Bonchev–Trinajstić information content (AvgIpc) is 3.09. The molecular formula is C35H44ClN5O8. The van der Waals surface area contributed by atoms with E-state index in [1.807, 2.05) is 49.1 Å².